The molecular weight excluding hydrogens is 211 g/mol. The number of hydrogen-bond donors (Lipinski definition) is 1. The van der Waals surface area contributed by atoms with Crippen LogP contribution in [0.5, 0.6) is 0 Å². The van der Waals surface area contributed by atoms with Gasteiger partial charge >= 0.3 is 6.18 Å². The van der Waals surface area contributed by atoms with Gasteiger partial charge in [-0.25, -0.2) is 0 Å². The number of alkyl halides is 3. The van der Waals surface area contributed by atoms with Crippen LogP contribution in [0.25, 0.3) is 0 Å². The molecule has 1 N–H and O–H groups in total. The normalized spacial score (nSPS) is 21.5. The number of rotatable bonds is 4. The predicted octanol–water partition coefficient (Wildman–Crippen LogP) is 1.57. The Morgan fingerprint density at radius 1 is 1.47 bits per heavy atom. The summed E-state index contributed by atoms with van der Waals surface area (Å²) in [5.74, 6) is -0.910. The Labute approximate surface area is 85.0 Å². The standard InChI is InChI=1S/C9H12F3NO2/c10-9(11,12)5-7(14)3-1-6-2-4-8(15)13-6/h6H,1-5H2,(H,13,15). The van der Waals surface area contributed by atoms with Crippen molar-refractivity contribution in [2.45, 2.75) is 44.3 Å². The van der Waals surface area contributed by atoms with E-state index in [0.717, 1.165) is 0 Å². The highest BCUT2D eigenvalue weighted by molar-refractivity contribution is 5.80. The van der Waals surface area contributed by atoms with Gasteiger partial charge in [-0.2, -0.15) is 13.2 Å². The Hall–Kier alpha value is -1.07. The summed E-state index contributed by atoms with van der Waals surface area (Å²) in [7, 11) is 0. The van der Waals surface area contributed by atoms with Crippen molar-refractivity contribution in [3.63, 3.8) is 0 Å². The smallest absolute Gasteiger partial charge is 0.353 e. The quantitative estimate of drug-likeness (QED) is 0.786. The van der Waals surface area contributed by atoms with Crippen LogP contribution in [0.1, 0.15) is 32.1 Å². The highest BCUT2D eigenvalue weighted by Gasteiger charge is 2.31. The molecule has 0 bridgehead atoms. The number of ketones is 1. The highest BCUT2D eigenvalue weighted by Crippen LogP contribution is 2.21. The van der Waals surface area contributed by atoms with Crippen molar-refractivity contribution in [3.05, 3.63) is 0 Å². The lowest BCUT2D eigenvalue weighted by atomic mass is 10.1. The molecule has 0 saturated carbocycles. The van der Waals surface area contributed by atoms with Crippen molar-refractivity contribution in [1.82, 2.24) is 5.32 Å². The fourth-order valence-corrected chi connectivity index (χ4v) is 1.54. The van der Waals surface area contributed by atoms with Gasteiger partial charge in [-0.1, -0.05) is 0 Å². The molecule has 0 radical (unpaired) electrons. The van der Waals surface area contributed by atoms with Crippen LogP contribution in [0.15, 0.2) is 0 Å². The zero-order chi connectivity index (χ0) is 11.5. The largest absolute Gasteiger partial charge is 0.395 e. The van der Waals surface area contributed by atoms with Crippen LogP contribution < -0.4 is 5.32 Å². The molecule has 1 aliphatic heterocycles. The zero-order valence-electron chi connectivity index (χ0n) is 8.06. The molecule has 1 fully saturated rings. The average molecular weight is 223 g/mol. The van der Waals surface area contributed by atoms with Gasteiger partial charge in [-0.05, 0) is 12.8 Å². The number of carbonyl (C=O) groups excluding carboxylic acids is 2. The Morgan fingerprint density at radius 2 is 2.13 bits per heavy atom. The van der Waals surface area contributed by atoms with Crippen molar-refractivity contribution in [1.29, 1.82) is 0 Å². The van der Waals surface area contributed by atoms with Gasteiger partial charge in [0, 0.05) is 18.9 Å². The molecule has 1 atom stereocenters. The third-order valence-corrected chi connectivity index (χ3v) is 2.25. The first-order valence-electron chi connectivity index (χ1n) is 4.74. The van der Waals surface area contributed by atoms with E-state index >= 15 is 0 Å². The molecule has 6 heteroatoms. The summed E-state index contributed by atoms with van der Waals surface area (Å²) in [6, 6.07) is -0.130. The molecule has 1 rings (SSSR count). The minimum Gasteiger partial charge on any atom is -0.353 e. The molecule has 1 heterocycles. The van der Waals surface area contributed by atoms with Gasteiger partial charge in [-0.3, -0.25) is 9.59 Å². The Morgan fingerprint density at radius 3 is 2.60 bits per heavy atom. The monoisotopic (exact) mass is 223 g/mol. The summed E-state index contributed by atoms with van der Waals surface area (Å²) in [6.45, 7) is 0. The molecule has 86 valence electrons. The van der Waals surface area contributed by atoms with E-state index in [9.17, 15) is 22.8 Å². The Bertz CT molecular complexity index is 263. The molecule has 3 nitrogen and oxygen atoms in total. The van der Waals surface area contributed by atoms with Gasteiger partial charge < -0.3 is 5.32 Å². The van der Waals surface area contributed by atoms with Crippen molar-refractivity contribution in [3.8, 4) is 0 Å². The first-order valence-corrected chi connectivity index (χ1v) is 4.74. The van der Waals surface area contributed by atoms with Crippen molar-refractivity contribution in [2.75, 3.05) is 0 Å². The summed E-state index contributed by atoms with van der Waals surface area (Å²) in [5.41, 5.74) is 0. The van der Waals surface area contributed by atoms with Crippen LogP contribution in [0, 0.1) is 0 Å². The second kappa shape index (κ2) is 4.63. The summed E-state index contributed by atoms with van der Waals surface area (Å²) < 4.78 is 35.3. The Balaban J connectivity index is 2.20. The minimum absolute atomic E-state index is 0.0942. The molecule has 1 aliphatic rings. The van der Waals surface area contributed by atoms with Crippen LogP contribution in [-0.4, -0.2) is 23.9 Å². The summed E-state index contributed by atoms with van der Waals surface area (Å²) in [4.78, 5) is 21.6. The van der Waals surface area contributed by atoms with E-state index in [2.05, 4.69) is 5.32 Å². The van der Waals surface area contributed by atoms with Gasteiger partial charge in [0.1, 0.15) is 12.2 Å². The van der Waals surface area contributed by atoms with Crippen LogP contribution in [-0.2, 0) is 9.59 Å². The second-order valence-corrected chi connectivity index (χ2v) is 3.67. The maximum Gasteiger partial charge on any atom is 0.395 e. The summed E-state index contributed by atoms with van der Waals surface area (Å²) in [6.07, 6.45) is -4.59. The maximum absolute atomic E-state index is 11.8. The molecule has 0 spiro atoms. The molecule has 15 heavy (non-hydrogen) atoms. The third-order valence-electron chi connectivity index (χ3n) is 2.25. The fourth-order valence-electron chi connectivity index (χ4n) is 1.54. The number of halogens is 3. The lowest BCUT2D eigenvalue weighted by Gasteiger charge is -2.09. The number of Topliss-reactive ketones (excluding diaryl/α,β-unsaturated/α-hetero) is 1. The molecule has 0 aromatic carbocycles. The first-order chi connectivity index (χ1) is 6.87. The van der Waals surface area contributed by atoms with E-state index in [1.165, 1.54) is 0 Å². The van der Waals surface area contributed by atoms with Gasteiger partial charge in [0.25, 0.3) is 0 Å². The van der Waals surface area contributed by atoms with Crippen molar-refractivity contribution in [2.24, 2.45) is 0 Å². The SMILES string of the molecule is O=C(CCC1CCC(=O)N1)CC(F)(F)F. The third kappa shape index (κ3) is 4.80. The molecule has 0 aromatic rings. The predicted molar refractivity (Wildman–Crippen MR) is 46.1 cm³/mol. The van der Waals surface area contributed by atoms with Gasteiger partial charge in [-0.15, -0.1) is 0 Å². The van der Waals surface area contributed by atoms with E-state index in [-0.39, 0.29) is 18.4 Å². The van der Waals surface area contributed by atoms with Gasteiger partial charge in [0.2, 0.25) is 5.91 Å². The van der Waals surface area contributed by atoms with Crippen molar-refractivity contribution < 1.29 is 22.8 Å². The lowest BCUT2D eigenvalue weighted by Crippen LogP contribution is -2.26. The highest BCUT2D eigenvalue weighted by atomic mass is 19.4. The van der Waals surface area contributed by atoms with Gasteiger partial charge in [0.15, 0.2) is 0 Å². The molecule has 0 aliphatic carbocycles. The van der Waals surface area contributed by atoms with Crippen LogP contribution in [0.2, 0.25) is 0 Å². The number of carbonyl (C=O) groups is 2. The molecule has 1 saturated heterocycles. The van der Waals surface area contributed by atoms with Crippen LogP contribution in [0.4, 0.5) is 13.2 Å². The number of hydrogen-bond acceptors (Lipinski definition) is 2. The first kappa shape index (κ1) is 12.0. The van der Waals surface area contributed by atoms with Crippen LogP contribution >= 0.6 is 0 Å². The van der Waals surface area contributed by atoms with E-state index in [4.69, 9.17) is 0 Å². The maximum atomic E-state index is 11.8. The van der Waals surface area contributed by atoms with E-state index < -0.39 is 18.4 Å². The van der Waals surface area contributed by atoms with E-state index in [0.29, 0.717) is 19.3 Å². The molecule has 0 aromatic heterocycles. The summed E-state index contributed by atoms with van der Waals surface area (Å²) in [5, 5.41) is 2.60. The fraction of sp³-hybridized carbons (Fsp3) is 0.778. The van der Waals surface area contributed by atoms with E-state index in [1.807, 2.05) is 0 Å². The number of nitrogens with one attached hydrogen (secondary N) is 1. The topological polar surface area (TPSA) is 46.2 Å². The number of amides is 1. The molecule has 1 unspecified atom stereocenters. The lowest BCUT2D eigenvalue weighted by molar-refractivity contribution is -0.152. The second-order valence-electron chi connectivity index (χ2n) is 3.67. The minimum atomic E-state index is -4.42. The summed E-state index contributed by atoms with van der Waals surface area (Å²) >= 11 is 0. The van der Waals surface area contributed by atoms with E-state index in [1.54, 1.807) is 0 Å². The zero-order valence-corrected chi connectivity index (χ0v) is 8.06. The molecular formula is C9H12F3NO2. The molecule has 1 amide bonds. The van der Waals surface area contributed by atoms with Crippen LogP contribution in [0.3, 0.4) is 0 Å². The Kier molecular flexibility index (Phi) is 3.71. The van der Waals surface area contributed by atoms with Gasteiger partial charge in [0.05, 0.1) is 0 Å². The average Bonchev–Trinajstić information content (AvgIpc) is 2.45. The van der Waals surface area contributed by atoms with Crippen molar-refractivity contribution >= 4 is 11.7 Å².